The Morgan fingerprint density at radius 3 is 2.32 bits per heavy atom. The van der Waals surface area contributed by atoms with Crippen molar-refractivity contribution < 1.29 is 14.0 Å². The average molecular weight is 461 g/mol. The van der Waals surface area contributed by atoms with E-state index in [0.29, 0.717) is 42.9 Å². The van der Waals surface area contributed by atoms with E-state index in [1.54, 1.807) is 23.0 Å². The summed E-state index contributed by atoms with van der Waals surface area (Å²) >= 11 is 0. The molecular formula is C27H29FN4O2. The first-order valence-electron chi connectivity index (χ1n) is 12.0. The van der Waals surface area contributed by atoms with Gasteiger partial charge < -0.3 is 9.80 Å². The Morgan fingerprint density at radius 2 is 1.65 bits per heavy atom. The minimum atomic E-state index is -0.322. The number of rotatable bonds is 4. The Balaban J connectivity index is 1.40. The highest BCUT2D eigenvalue weighted by Gasteiger charge is 2.32. The van der Waals surface area contributed by atoms with Gasteiger partial charge in [0.2, 0.25) is 5.91 Å². The van der Waals surface area contributed by atoms with Crippen molar-refractivity contribution in [3.63, 3.8) is 0 Å². The summed E-state index contributed by atoms with van der Waals surface area (Å²) in [7, 11) is 0. The van der Waals surface area contributed by atoms with E-state index in [4.69, 9.17) is 5.10 Å². The highest BCUT2D eigenvalue weighted by molar-refractivity contribution is 6.00. The third kappa shape index (κ3) is 4.47. The number of benzene rings is 2. The SMILES string of the molecule is Cc1cccc(-c2nn(-c3ccc(F)cc3)cc2C(=O)N2CCC(C(=O)N3CCCC3)CC2)c1. The topological polar surface area (TPSA) is 58.4 Å². The zero-order chi connectivity index (χ0) is 23.7. The van der Waals surface area contributed by atoms with Crippen LogP contribution < -0.4 is 0 Å². The monoisotopic (exact) mass is 460 g/mol. The minimum Gasteiger partial charge on any atom is -0.342 e. The van der Waals surface area contributed by atoms with Crippen LogP contribution in [0.25, 0.3) is 16.9 Å². The fourth-order valence-corrected chi connectivity index (χ4v) is 4.96. The lowest BCUT2D eigenvalue weighted by molar-refractivity contribution is -0.135. The van der Waals surface area contributed by atoms with E-state index in [-0.39, 0.29) is 23.5 Å². The molecule has 2 fully saturated rings. The predicted molar refractivity (Wildman–Crippen MR) is 128 cm³/mol. The smallest absolute Gasteiger partial charge is 0.257 e. The summed E-state index contributed by atoms with van der Waals surface area (Å²) in [6, 6.07) is 14.0. The second-order valence-corrected chi connectivity index (χ2v) is 9.28. The van der Waals surface area contributed by atoms with Crippen LogP contribution in [0.2, 0.25) is 0 Å². The predicted octanol–water partition coefficient (Wildman–Crippen LogP) is 4.46. The standard InChI is InChI=1S/C27H29FN4O2/c1-19-5-4-6-21(17-19)25-24(18-32(29-25)23-9-7-22(28)8-10-23)27(34)31-15-11-20(12-16-31)26(33)30-13-2-3-14-30/h4-10,17-18,20H,2-3,11-16H2,1H3. The second-order valence-electron chi connectivity index (χ2n) is 9.28. The third-order valence-corrected chi connectivity index (χ3v) is 6.88. The summed E-state index contributed by atoms with van der Waals surface area (Å²) in [6.45, 7) is 4.83. The van der Waals surface area contributed by atoms with Gasteiger partial charge in [0.25, 0.3) is 5.91 Å². The summed E-state index contributed by atoms with van der Waals surface area (Å²) < 4.78 is 15.1. The van der Waals surface area contributed by atoms with Crippen molar-refractivity contribution in [3.05, 3.63) is 71.7 Å². The molecule has 1 aromatic heterocycles. The number of halogens is 1. The van der Waals surface area contributed by atoms with Crippen LogP contribution in [0.3, 0.4) is 0 Å². The molecule has 6 nitrogen and oxygen atoms in total. The van der Waals surface area contributed by atoms with E-state index < -0.39 is 0 Å². The fraction of sp³-hybridized carbons (Fsp3) is 0.370. The van der Waals surface area contributed by atoms with Crippen molar-refractivity contribution in [2.24, 2.45) is 5.92 Å². The molecule has 2 aromatic carbocycles. The first-order valence-corrected chi connectivity index (χ1v) is 12.0. The molecule has 7 heteroatoms. The largest absolute Gasteiger partial charge is 0.342 e. The molecule has 2 amide bonds. The number of aryl methyl sites for hydroxylation is 1. The number of piperidine rings is 1. The molecule has 0 atom stereocenters. The van der Waals surface area contributed by atoms with Gasteiger partial charge >= 0.3 is 0 Å². The lowest BCUT2D eigenvalue weighted by Gasteiger charge is -2.33. The van der Waals surface area contributed by atoms with Gasteiger partial charge in [0.1, 0.15) is 11.5 Å². The summed E-state index contributed by atoms with van der Waals surface area (Å²) in [5, 5.41) is 4.72. The van der Waals surface area contributed by atoms with Crippen LogP contribution in [0.1, 0.15) is 41.6 Å². The quantitative estimate of drug-likeness (QED) is 0.578. The van der Waals surface area contributed by atoms with Crippen molar-refractivity contribution in [3.8, 4) is 16.9 Å². The molecule has 0 aliphatic carbocycles. The van der Waals surface area contributed by atoms with Gasteiger partial charge in [-0.2, -0.15) is 5.10 Å². The molecule has 176 valence electrons. The number of likely N-dealkylation sites (tertiary alicyclic amines) is 2. The molecule has 0 saturated carbocycles. The van der Waals surface area contributed by atoms with E-state index in [1.165, 1.54) is 12.1 Å². The van der Waals surface area contributed by atoms with Gasteiger partial charge in [0.15, 0.2) is 0 Å². The summed E-state index contributed by atoms with van der Waals surface area (Å²) in [5.41, 5.74) is 3.74. The number of aromatic nitrogens is 2. The number of carbonyl (C=O) groups excluding carboxylic acids is 2. The van der Waals surface area contributed by atoms with Crippen LogP contribution in [0, 0.1) is 18.7 Å². The zero-order valence-electron chi connectivity index (χ0n) is 19.4. The molecule has 2 aliphatic rings. The molecule has 0 radical (unpaired) electrons. The molecule has 34 heavy (non-hydrogen) atoms. The molecule has 3 heterocycles. The van der Waals surface area contributed by atoms with Crippen molar-refractivity contribution in [2.45, 2.75) is 32.6 Å². The van der Waals surface area contributed by atoms with Gasteiger partial charge in [-0.3, -0.25) is 9.59 Å². The molecule has 2 saturated heterocycles. The molecule has 5 rings (SSSR count). The Hall–Kier alpha value is -3.48. The molecule has 0 unspecified atom stereocenters. The van der Waals surface area contributed by atoms with E-state index in [9.17, 15) is 14.0 Å². The Bertz CT molecular complexity index is 1190. The number of hydrogen-bond acceptors (Lipinski definition) is 3. The van der Waals surface area contributed by atoms with Crippen LogP contribution in [0.4, 0.5) is 4.39 Å². The van der Waals surface area contributed by atoms with E-state index in [2.05, 4.69) is 0 Å². The molecule has 0 bridgehead atoms. The van der Waals surface area contributed by atoms with Gasteiger partial charge in [-0.15, -0.1) is 0 Å². The number of hydrogen-bond donors (Lipinski definition) is 0. The van der Waals surface area contributed by atoms with E-state index in [0.717, 1.165) is 37.1 Å². The minimum absolute atomic E-state index is 0.000307. The van der Waals surface area contributed by atoms with Crippen LogP contribution in [0.5, 0.6) is 0 Å². The van der Waals surface area contributed by atoms with Gasteiger partial charge in [-0.1, -0.05) is 23.8 Å². The van der Waals surface area contributed by atoms with Crippen molar-refractivity contribution in [2.75, 3.05) is 26.2 Å². The Kier molecular flexibility index (Phi) is 6.18. The maximum absolute atomic E-state index is 13.6. The normalized spacial score (nSPS) is 16.8. The fourth-order valence-electron chi connectivity index (χ4n) is 4.96. The molecule has 0 N–H and O–H groups in total. The lowest BCUT2D eigenvalue weighted by atomic mass is 9.94. The van der Waals surface area contributed by atoms with Gasteiger partial charge in [0.05, 0.1) is 11.3 Å². The maximum Gasteiger partial charge on any atom is 0.257 e. The van der Waals surface area contributed by atoms with Crippen molar-refractivity contribution in [1.29, 1.82) is 0 Å². The summed E-state index contributed by atoms with van der Waals surface area (Å²) in [5.74, 6) is -0.163. The maximum atomic E-state index is 13.6. The molecule has 0 spiro atoms. The van der Waals surface area contributed by atoms with Gasteiger partial charge in [0, 0.05) is 43.9 Å². The van der Waals surface area contributed by atoms with E-state index in [1.807, 2.05) is 41.0 Å². The zero-order valence-corrected chi connectivity index (χ0v) is 19.4. The molecule has 3 aromatic rings. The second kappa shape index (κ2) is 9.41. The van der Waals surface area contributed by atoms with Crippen LogP contribution in [-0.2, 0) is 4.79 Å². The molecule has 2 aliphatic heterocycles. The Labute approximate surface area is 199 Å². The number of carbonyl (C=O) groups is 2. The van der Waals surface area contributed by atoms with Gasteiger partial charge in [-0.05, 0) is 62.9 Å². The summed E-state index contributed by atoms with van der Waals surface area (Å²) in [4.78, 5) is 30.2. The average Bonchev–Trinajstić information content (AvgIpc) is 3.55. The van der Waals surface area contributed by atoms with E-state index >= 15 is 0 Å². The lowest BCUT2D eigenvalue weighted by Crippen LogP contribution is -2.43. The highest BCUT2D eigenvalue weighted by atomic mass is 19.1. The third-order valence-electron chi connectivity index (χ3n) is 6.88. The van der Waals surface area contributed by atoms with Crippen LogP contribution in [0.15, 0.2) is 54.7 Å². The van der Waals surface area contributed by atoms with Crippen LogP contribution >= 0.6 is 0 Å². The Morgan fingerprint density at radius 1 is 0.941 bits per heavy atom. The highest BCUT2D eigenvalue weighted by Crippen LogP contribution is 2.28. The molecular weight excluding hydrogens is 431 g/mol. The number of nitrogens with zero attached hydrogens (tertiary/aromatic N) is 4. The first kappa shape index (κ1) is 22.3. The number of amides is 2. The van der Waals surface area contributed by atoms with Crippen molar-refractivity contribution in [1.82, 2.24) is 19.6 Å². The van der Waals surface area contributed by atoms with Gasteiger partial charge in [-0.25, -0.2) is 9.07 Å². The summed E-state index contributed by atoms with van der Waals surface area (Å²) in [6.07, 6.45) is 5.28. The van der Waals surface area contributed by atoms with Crippen molar-refractivity contribution >= 4 is 11.8 Å². The van der Waals surface area contributed by atoms with Crippen LogP contribution in [-0.4, -0.2) is 57.6 Å². The first-order chi connectivity index (χ1) is 16.5.